The molecule has 0 bridgehead atoms. The maximum Gasteiger partial charge on any atom is 0.175 e. The van der Waals surface area contributed by atoms with E-state index in [4.69, 9.17) is 5.73 Å². The monoisotopic (exact) mass is 280 g/mol. The van der Waals surface area contributed by atoms with Crippen LogP contribution in [0.3, 0.4) is 0 Å². The normalized spacial score (nSPS) is 10.4. The maximum atomic E-state index is 5.81. The molecule has 0 fully saturated rings. The van der Waals surface area contributed by atoms with Crippen LogP contribution in [0, 0.1) is 6.92 Å². The van der Waals surface area contributed by atoms with Gasteiger partial charge in [0.05, 0.1) is 5.69 Å². The first-order chi connectivity index (χ1) is 7.54. The summed E-state index contributed by atoms with van der Waals surface area (Å²) in [6.07, 6.45) is 1.77. The Bertz CT molecular complexity index is 498. The Kier molecular flexibility index (Phi) is 2.87. The van der Waals surface area contributed by atoms with Gasteiger partial charge in [-0.2, -0.15) is 5.10 Å². The number of nitrogens with zero attached hydrogens (tertiary/aromatic N) is 2. The molecule has 84 valence electrons. The van der Waals surface area contributed by atoms with Crippen molar-refractivity contribution in [2.24, 2.45) is 7.05 Å². The van der Waals surface area contributed by atoms with Crippen molar-refractivity contribution < 1.29 is 0 Å². The molecular formula is C11H13BrN4. The molecule has 4 nitrogen and oxygen atoms in total. The Hall–Kier alpha value is -1.49. The zero-order chi connectivity index (χ0) is 11.7. The molecule has 0 radical (unpaired) electrons. The number of halogens is 1. The van der Waals surface area contributed by atoms with Gasteiger partial charge in [-0.3, -0.25) is 4.68 Å². The van der Waals surface area contributed by atoms with Crippen molar-refractivity contribution in [3.63, 3.8) is 0 Å². The Morgan fingerprint density at radius 1 is 1.38 bits per heavy atom. The second-order valence-electron chi connectivity index (χ2n) is 3.75. The SMILES string of the molecule is Cc1cc(Br)cc(Nc2nn(C)cc2N)c1. The first-order valence-electron chi connectivity index (χ1n) is 4.88. The van der Waals surface area contributed by atoms with Crippen LogP contribution in [-0.2, 0) is 7.05 Å². The average molecular weight is 281 g/mol. The third-order valence-corrected chi connectivity index (χ3v) is 2.62. The van der Waals surface area contributed by atoms with Crippen molar-refractivity contribution in [3.8, 4) is 0 Å². The van der Waals surface area contributed by atoms with Crippen LogP contribution in [0.1, 0.15) is 5.56 Å². The minimum absolute atomic E-state index is 0.639. The Morgan fingerprint density at radius 3 is 2.69 bits per heavy atom. The van der Waals surface area contributed by atoms with E-state index in [0.717, 1.165) is 10.2 Å². The highest BCUT2D eigenvalue weighted by Gasteiger charge is 2.04. The largest absolute Gasteiger partial charge is 0.394 e. The fourth-order valence-corrected chi connectivity index (χ4v) is 2.16. The molecule has 2 aromatic rings. The molecule has 0 amide bonds. The number of aromatic nitrogens is 2. The number of anilines is 3. The van der Waals surface area contributed by atoms with Gasteiger partial charge in [-0.1, -0.05) is 15.9 Å². The van der Waals surface area contributed by atoms with Crippen LogP contribution in [0.5, 0.6) is 0 Å². The Balaban J connectivity index is 2.30. The molecule has 0 saturated heterocycles. The number of rotatable bonds is 2. The van der Waals surface area contributed by atoms with E-state index >= 15 is 0 Å². The van der Waals surface area contributed by atoms with Gasteiger partial charge in [0.15, 0.2) is 5.82 Å². The van der Waals surface area contributed by atoms with Crippen molar-refractivity contribution >= 4 is 33.1 Å². The molecule has 0 saturated carbocycles. The van der Waals surface area contributed by atoms with Crippen molar-refractivity contribution in [1.82, 2.24) is 9.78 Å². The zero-order valence-corrected chi connectivity index (χ0v) is 10.7. The van der Waals surface area contributed by atoms with Gasteiger partial charge in [-0.15, -0.1) is 0 Å². The molecule has 0 atom stereocenters. The van der Waals surface area contributed by atoms with Crippen LogP contribution < -0.4 is 11.1 Å². The molecule has 2 rings (SSSR count). The van der Waals surface area contributed by atoms with Crippen LogP contribution >= 0.6 is 15.9 Å². The van der Waals surface area contributed by atoms with Crippen molar-refractivity contribution in [2.45, 2.75) is 6.92 Å². The van der Waals surface area contributed by atoms with Crippen LogP contribution in [0.15, 0.2) is 28.9 Å². The summed E-state index contributed by atoms with van der Waals surface area (Å²) in [5, 5.41) is 7.42. The molecule has 1 aromatic carbocycles. The van der Waals surface area contributed by atoms with E-state index in [-0.39, 0.29) is 0 Å². The third kappa shape index (κ3) is 2.36. The van der Waals surface area contributed by atoms with E-state index in [0.29, 0.717) is 11.5 Å². The highest BCUT2D eigenvalue weighted by molar-refractivity contribution is 9.10. The van der Waals surface area contributed by atoms with Gasteiger partial charge in [0.2, 0.25) is 0 Å². The molecule has 3 N–H and O–H groups in total. The first kappa shape index (κ1) is 11.0. The number of hydrogen-bond donors (Lipinski definition) is 2. The van der Waals surface area contributed by atoms with E-state index in [1.54, 1.807) is 10.9 Å². The van der Waals surface area contributed by atoms with E-state index in [1.165, 1.54) is 5.56 Å². The quantitative estimate of drug-likeness (QED) is 0.890. The molecular weight excluding hydrogens is 268 g/mol. The topological polar surface area (TPSA) is 55.9 Å². The summed E-state index contributed by atoms with van der Waals surface area (Å²) in [6.45, 7) is 2.04. The molecule has 0 aliphatic carbocycles. The molecule has 0 aliphatic heterocycles. The lowest BCUT2D eigenvalue weighted by Gasteiger charge is -2.06. The second kappa shape index (κ2) is 4.17. The van der Waals surface area contributed by atoms with Gasteiger partial charge in [0.25, 0.3) is 0 Å². The van der Waals surface area contributed by atoms with Crippen LogP contribution in [0.25, 0.3) is 0 Å². The van der Waals surface area contributed by atoms with Gasteiger partial charge in [0.1, 0.15) is 0 Å². The molecule has 1 heterocycles. The molecule has 5 heteroatoms. The van der Waals surface area contributed by atoms with E-state index < -0.39 is 0 Å². The van der Waals surface area contributed by atoms with Crippen LogP contribution in [0.4, 0.5) is 17.2 Å². The fourth-order valence-electron chi connectivity index (χ4n) is 1.55. The van der Waals surface area contributed by atoms with Gasteiger partial charge < -0.3 is 11.1 Å². The predicted octanol–water partition coefficient (Wildman–Crippen LogP) is 2.82. The predicted molar refractivity (Wildman–Crippen MR) is 69.8 cm³/mol. The lowest BCUT2D eigenvalue weighted by molar-refractivity contribution is 0.771. The van der Waals surface area contributed by atoms with Crippen LogP contribution in [-0.4, -0.2) is 9.78 Å². The summed E-state index contributed by atoms with van der Waals surface area (Å²) in [5.74, 6) is 0.681. The summed E-state index contributed by atoms with van der Waals surface area (Å²) in [7, 11) is 1.84. The summed E-state index contributed by atoms with van der Waals surface area (Å²) in [4.78, 5) is 0. The van der Waals surface area contributed by atoms with Crippen molar-refractivity contribution in [2.75, 3.05) is 11.1 Å². The fraction of sp³-hybridized carbons (Fsp3) is 0.182. The number of aryl methyl sites for hydroxylation is 2. The van der Waals surface area contributed by atoms with E-state index in [2.05, 4.69) is 26.3 Å². The number of nitrogens with two attached hydrogens (primary N) is 1. The summed E-state index contributed by atoms with van der Waals surface area (Å²) in [6, 6.07) is 6.08. The average Bonchev–Trinajstić information content (AvgIpc) is 2.43. The second-order valence-corrected chi connectivity index (χ2v) is 4.66. The van der Waals surface area contributed by atoms with Crippen LogP contribution in [0.2, 0.25) is 0 Å². The summed E-state index contributed by atoms with van der Waals surface area (Å²) in [5.41, 5.74) is 8.59. The standard InChI is InChI=1S/C11H13BrN4/c1-7-3-8(12)5-9(4-7)14-11-10(13)6-16(2)15-11/h3-6H,13H2,1-2H3,(H,14,15). The minimum atomic E-state index is 0.639. The van der Waals surface area contributed by atoms with E-state index in [1.807, 2.05) is 32.2 Å². The zero-order valence-electron chi connectivity index (χ0n) is 9.16. The summed E-state index contributed by atoms with van der Waals surface area (Å²) < 4.78 is 2.71. The Morgan fingerprint density at radius 2 is 2.12 bits per heavy atom. The number of hydrogen-bond acceptors (Lipinski definition) is 3. The van der Waals surface area contributed by atoms with Gasteiger partial charge in [-0.25, -0.2) is 0 Å². The third-order valence-electron chi connectivity index (χ3n) is 2.16. The molecule has 0 unspecified atom stereocenters. The maximum absolute atomic E-state index is 5.81. The van der Waals surface area contributed by atoms with Gasteiger partial charge >= 0.3 is 0 Å². The van der Waals surface area contributed by atoms with Gasteiger partial charge in [0, 0.05) is 23.4 Å². The number of benzene rings is 1. The highest BCUT2D eigenvalue weighted by atomic mass is 79.9. The molecule has 0 spiro atoms. The number of nitrogens with one attached hydrogen (secondary N) is 1. The molecule has 1 aromatic heterocycles. The lowest BCUT2D eigenvalue weighted by Crippen LogP contribution is -1.96. The summed E-state index contributed by atoms with van der Waals surface area (Å²) >= 11 is 3.45. The first-order valence-corrected chi connectivity index (χ1v) is 5.67. The van der Waals surface area contributed by atoms with Crippen molar-refractivity contribution in [1.29, 1.82) is 0 Å². The highest BCUT2D eigenvalue weighted by Crippen LogP contribution is 2.24. The smallest absolute Gasteiger partial charge is 0.175 e. The Labute approximate surface area is 103 Å². The minimum Gasteiger partial charge on any atom is -0.394 e. The molecule has 0 aliphatic rings. The molecule has 16 heavy (non-hydrogen) atoms. The van der Waals surface area contributed by atoms with Crippen molar-refractivity contribution in [3.05, 3.63) is 34.4 Å². The van der Waals surface area contributed by atoms with E-state index in [9.17, 15) is 0 Å². The van der Waals surface area contributed by atoms with Gasteiger partial charge in [-0.05, 0) is 30.7 Å². The number of nitrogen functional groups attached to an aromatic ring is 1. The lowest BCUT2D eigenvalue weighted by atomic mass is 10.2.